The van der Waals surface area contributed by atoms with Gasteiger partial charge in [0.1, 0.15) is 0 Å². The molecule has 0 atom stereocenters. The molecule has 3 nitrogen and oxygen atoms in total. The summed E-state index contributed by atoms with van der Waals surface area (Å²) in [6.07, 6.45) is 7.01. The van der Waals surface area contributed by atoms with Crippen LogP contribution in [0.15, 0.2) is 18.2 Å². The lowest BCUT2D eigenvalue weighted by atomic mass is 9.83. The molecule has 2 N–H and O–H groups in total. The number of hydrogen-bond donors (Lipinski definition) is 2. The van der Waals surface area contributed by atoms with E-state index in [1.807, 2.05) is 19.1 Å². The number of anilines is 1. The van der Waals surface area contributed by atoms with Crippen LogP contribution in [0.25, 0.3) is 0 Å². The molecule has 1 fully saturated rings. The van der Waals surface area contributed by atoms with Crippen molar-refractivity contribution in [3.63, 3.8) is 0 Å². The molecular formula is C18H28N2O. The van der Waals surface area contributed by atoms with Crippen molar-refractivity contribution in [2.24, 2.45) is 0 Å². The van der Waals surface area contributed by atoms with Gasteiger partial charge in [-0.2, -0.15) is 0 Å². The molecule has 1 saturated carbocycles. The van der Waals surface area contributed by atoms with Crippen LogP contribution in [0.1, 0.15) is 68.3 Å². The van der Waals surface area contributed by atoms with E-state index in [0.717, 1.165) is 42.6 Å². The Bertz CT molecular complexity index is 490. The molecule has 1 aliphatic rings. The first-order chi connectivity index (χ1) is 10.0. The van der Waals surface area contributed by atoms with E-state index < -0.39 is 0 Å². The summed E-state index contributed by atoms with van der Waals surface area (Å²) < 4.78 is 0. The standard InChI is InChI=1S/C18H28N2O/c1-4-12-19-15-8-9-16(14(2)13-15)17(21)20-18(3)10-6-5-7-11-18/h8-9,13,19H,4-7,10-12H2,1-3H3,(H,20,21). The lowest BCUT2D eigenvalue weighted by Gasteiger charge is -2.34. The SMILES string of the molecule is CCCNc1ccc(C(=O)NC2(C)CCCCC2)c(C)c1. The van der Waals surface area contributed by atoms with Crippen molar-refractivity contribution < 1.29 is 4.79 Å². The number of carbonyl (C=O) groups excluding carboxylic acids is 1. The molecule has 1 aliphatic carbocycles. The second-order valence-electron chi connectivity index (χ2n) is 6.53. The number of amides is 1. The fourth-order valence-corrected chi connectivity index (χ4v) is 3.10. The zero-order valence-corrected chi connectivity index (χ0v) is 13.6. The van der Waals surface area contributed by atoms with Gasteiger partial charge in [0.25, 0.3) is 5.91 Å². The van der Waals surface area contributed by atoms with Crippen LogP contribution in [0.4, 0.5) is 5.69 Å². The molecule has 0 aliphatic heterocycles. The number of nitrogens with one attached hydrogen (secondary N) is 2. The smallest absolute Gasteiger partial charge is 0.251 e. The molecule has 0 heterocycles. The second kappa shape index (κ2) is 6.97. The monoisotopic (exact) mass is 288 g/mol. The summed E-state index contributed by atoms with van der Waals surface area (Å²) in [5, 5.41) is 6.61. The summed E-state index contributed by atoms with van der Waals surface area (Å²) in [7, 11) is 0. The number of carbonyl (C=O) groups is 1. The summed E-state index contributed by atoms with van der Waals surface area (Å²) in [6.45, 7) is 7.29. The lowest BCUT2D eigenvalue weighted by molar-refractivity contribution is 0.0882. The lowest BCUT2D eigenvalue weighted by Crippen LogP contribution is -2.47. The average Bonchev–Trinajstić information content (AvgIpc) is 2.45. The number of hydrogen-bond acceptors (Lipinski definition) is 2. The number of benzene rings is 1. The molecule has 0 unspecified atom stereocenters. The third-order valence-corrected chi connectivity index (χ3v) is 4.42. The minimum absolute atomic E-state index is 0.0269. The Morgan fingerprint density at radius 2 is 1.95 bits per heavy atom. The highest BCUT2D eigenvalue weighted by molar-refractivity contribution is 5.96. The van der Waals surface area contributed by atoms with Crippen molar-refractivity contribution in [3.05, 3.63) is 29.3 Å². The first kappa shape index (κ1) is 15.9. The van der Waals surface area contributed by atoms with Crippen LogP contribution in [0.3, 0.4) is 0 Å². The predicted molar refractivity (Wildman–Crippen MR) is 88.9 cm³/mol. The largest absolute Gasteiger partial charge is 0.385 e. The van der Waals surface area contributed by atoms with Gasteiger partial charge in [-0.1, -0.05) is 26.2 Å². The van der Waals surface area contributed by atoms with E-state index in [1.165, 1.54) is 19.3 Å². The summed E-state index contributed by atoms with van der Waals surface area (Å²) in [5.41, 5.74) is 2.90. The molecule has 21 heavy (non-hydrogen) atoms. The van der Waals surface area contributed by atoms with E-state index in [1.54, 1.807) is 0 Å². The minimum atomic E-state index is -0.0269. The topological polar surface area (TPSA) is 41.1 Å². The molecule has 1 aromatic carbocycles. The van der Waals surface area contributed by atoms with E-state index >= 15 is 0 Å². The molecule has 0 spiro atoms. The van der Waals surface area contributed by atoms with Gasteiger partial charge in [0.05, 0.1) is 0 Å². The van der Waals surface area contributed by atoms with Crippen LogP contribution >= 0.6 is 0 Å². The molecule has 0 bridgehead atoms. The second-order valence-corrected chi connectivity index (χ2v) is 6.53. The summed E-state index contributed by atoms with van der Waals surface area (Å²) in [6, 6.07) is 6.00. The fraction of sp³-hybridized carbons (Fsp3) is 0.611. The Labute approximate surface area is 128 Å². The Balaban J connectivity index is 2.05. The molecule has 1 aromatic rings. The third kappa shape index (κ3) is 4.23. The van der Waals surface area contributed by atoms with Crippen LogP contribution in [-0.2, 0) is 0 Å². The normalized spacial score (nSPS) is 17.3. The zero-order valence-electron chi connectivity index (χ0n) is 13.6. The van der Waals surface area contributed by atoms with Gasteiger partial charge in [0.15, 0.2) is 0 Å². The van der Waals surface area contributed by atoms with E-state index in [4.69, 9.17) is 0 Å². The van der Waals surface area contributed by atoms with Gasteiger partial charge >= 0.3 is 0 Å². The van der Waals surface area contributed by atoms with Gasteiger partial charge in [-0.15, -0.1) is 0 Å². The predicted octanol–water partition coefficient (Wildman–Crippen LogP) is 4.27. The molecule has 3 heteroatoms. The van der Waals surface area contributed by atoms with Gasteiger partial charge in [-0.05, 0) is 56.9 Å². The summed E-state index contributed by atoms with van der Waals surface area (Å²) >= 11 is 0. The van der Waals surface area contributed by atoms with Crippen LogP contribution in [0, 0.1) is 6.92 Å². The highest BCUT2D eigenvalue weighted by atomic mass is 16.1. The summed E-state index contributed by atoms with van der Waals surface area (Å²) in [5.74, 6) is 0.0685. The zero-order chi connectivity index (χ0) is 15.3. The molecule has 116 valence electrons. The maximum absolute atomic E-state index is 12.5. The maximum Gasteiger partial charge on any atom is 0.251 e. The van der Waals surface area contributed by atoms with E-state index in [-0.39, 0.29) is 11.4 Å². The van der Waals surface area contributed by atoms with Crippen molar-refractivity contribution in [3.8, 4) is 0 Å². The highest BCUT2D eigenvalue weighted by Gasteiger charge is 2.28. The van der Waals surface area contributed by atoms with Crippen molar-refractivity contribution >= 4 is 11.6 Å². The first-order valence-corrected chi connectivity index (χ1v) is 8.21. The van der Waals surface area contributed by atoms with Crippen molar-refractivity contribution in [2.45, 2.75) is 64.8 Å². The van der Waals surface area contributed by atoms with Crippen LogP contribution in [-0.4, -0.2) is 18.0 Å². The quantitative estimate of drug-likeness (QED) is 0.849. The molecule has 0 aromatic heterocycles. The third-order valence-electron chi connectivity index (χ3n) is 4.42. The van der Waals surface area contributed by atoms with Gasteiger partial charge in [-0.3, -0.25) is 4.79 Å². The number of rotatable bonds is 5. The number of aryl methyl sites for hydroxylation is 1. The molecule has 2 rings (SSSR count). The van der Waals surface area contributed by atoms with Crippen molar-refractivity contribution in [1.29, 1.82) is 0 Å². The van der Waals surface area contributed by atoms with Gasteiger partial charge in [0.2, 0.25) is 0 Å². The van der Waals surface area contributed by atoms with Crippen LogP contribution in [0.5, 0.6) is 0 Å². The van der Waals surface area contributed by atoms with Gasteiger partial charge in [0, 0.05) is 23.3 Å². The maximum atomic E-state index is 12.5. The fourth-order valence-electron chi connectivity index (χ4n) is 3.10. The first-order valence-electron chi connectivity index (χ1n) is 8.21. The molecule has 1 amide bonds. The van der Waals surface area contributed by atoms with E-state index in [0.29, 0.717) is 0 Å². The van der Waals surface area contributed by atoms with E-state index in [2.05, 4.69) is 30.5 Å². The Hall–Kier alpha value is -1.51. The Kier molecular flexibility index (Phi) is 5.27. The van der Waals surface area contributed by atoms with Gasteiger partial charge < -0.3 is 10.6 Å². The Morgan fingerprint density at radius 3 is 2.57 bits per heavy atom. The average molecular weight is 288 g/mol. The van der Waals surface area contributed by atoms with E-state index in [9.17, 15) is 4.79 Å². The van der Waals surface area contributed by atoms with Crippen LogP contribution in [0.2, 0.25) is 0 Å². The highest BCUT2D eigenvalue weighted by Crippen LogP contribution is 2.28. The summed E-state index contributed by atoms with van der Waals surface area (Å²) in [4.78, 5) is 12.5. The molecular weight excluding hydrogens is 260 g/mol. The molecule has 0 saturated heterocycles. The van der Waals surface area contributed by atoms with Crippen molar-refractivity contribution in [2.75, 3.05) is 11.9 Å². The molecule has 0 radical (unpaired) electrons. The Morgan fingerprint density at radius 1 is 1.24 bits per heavy atom. The minimum Gasteiger partial charge on any atom is -0.385 e. The van der Waals surface area contributed by atoms with Gasteiger partial charge in [-0.25, -0.2) is 0 Å². The van der Waals surface area contributed by atoms with Crippen LogP contribution < -0.4 is 10.6 Å². The van der Waals surface area contributed by atoms with Crippen molar-refractivity contribution in [1.82, 2.24) is 5.32 Å².